The summed E-state index contributed by atoms with van der Waals surface area (Å²) in [6.07, 6.45) is 1.63. The van der Waals surface area contributed by atoms with E-state index in [0.29, 0.717) is 6.54 Å². The lowest BCUT2D eigenvalue weighted by Gasteiger charge is -2.19. The zero-order valence-electron chi connectivity index (χ0n) is 11.0. The van der Waals surface area contributed by atoms with E-state index in [1.165, 1.54) is 0 Å². The first-order valence-corrected chi connectivity index (χ1v) is 6.49. The molecule has 1 unspecified atom stereocenters. The Bertz CT molecular complexity index is 659. The van der Waals surface area contributed by atoms with Crippen LogP contribution < -0.4 is 16.4 Å². The van der Waals surface area contributed by atoms with E-state index in [4.69, 9.17) is 16.2 Å². The molecule has 2 aromatic rings. The minimum Gasteiger partial charge on any atom is -0.444 e. The van der Waals surface area contributed by atoms with E-state index in [9.17, 15) is 4.79 Å². The molecule has 1 saturated heterocycles. The number of amides is 1. The van der Waals surface area contributed by atoms with Crippen molar-refractivity contribution in [2.24, 2.45) is 5.73 Å². The van der Waals surface area contributed by atoms with E-state index in [1.807, 2.05) is 24.3 Å². The molecular weight excluding hydrogens is 256 g/mol. The monoisotopic (exact) mass is 272 g/mol. The summed E-state index contributed by atoms with van der Waals surface area (Å²) in [7, 11) is 0. The quantitative estimate of drug-likeness (QED) is 0.808. The molecule has 1 aromatic carbocycles. The first-order chi connectivity index (χ1) is 9.63. The molecule has 1 fully saturated rings. The zero-order chi connectivity index (χ0) is 14.1. The van der Waals surface area contributed by atoms with Crippen LogP contribution in [0.4, 0.5) is 16.3 Å². The predicted octanol–water partition coefficient (Wildman–Crippen LogP) is 1.49. The first kappa shape index (κ1) is 12.5. The zero-order valence-corrected chi connectivity index (χ0v) is 11.0. The van der Waals surface area contributed by atoms with Crippen molar-refractivity contribution in [3.05, 3.63) is 30.5 Å². The van der Waals surface area contributed by atoms with Crippen LogP contribution in [0.15, 0.2) is 30.5 Å². The maximum absolute atomic E-state index is 10.8. The van der Waals surface area contributed by atoms with Gasteiger partial charge in [-0.05, 0) is 29.7 Å². The number of aromatic nitrogens is 1. The predicted molar refractivity (Wildman–Crippen MR) is 77.4 cm³/mol. The van der Waals surface area contributed by atoms with Gasteiger partial charge in [-0.1, -0.05) is 0 Å². The van der Waals surface area contributed by atoms with Crippen LogP contribution in [0, 0.1) is 0 Å². The molecule has 1 aliphatic rings. The van der Waals surface area contributed by atoms with Crippen molar-refractivity contribution >= 4 is 28.4 Å². The molecule has 1 atom stereocenters. The molecule has 2 heterocycles. The number of primary amides is 1. The summed E-state index contributed by atoms with van der Waals surface area (Å²) >= 11 is 0. The summed E-state index contributed by atoms with van der Waals surface area (Å²) < 4.78 is 5.04. The lowest BCUT2D eigenvalue weighted by molar-refractivity contribution is 0.117. The molecule has 0 aliphatic carbocycles. The van der Waals surface area contributed by atoms with Gasteiger partial charge in [-0.25, -0.2) is 9.78 Å². The Hall–Kier alpha value is -2.50. The molecule has 1 aromatic heterocycles. The van der Waals surface area contributed by atoms with Crippen LogP contribution in [0.2, 0.25) is 0 Å². The van der Waals surface area contributed by atoms with Crippen molar-refractivity contribution in [3.8, 4) is 0 Å². The largest absolute Gasteiger partial charge is 0.444 e. The summed E-state index contributed by atoms with van der Waals surface area (Å²) in [6.45, 7) is 1.40. The van der Waals surface area contributed by atoms with E-state index in [-0.39, 0.29) is 6.10 Å². The number of benzene rings is 1. The van der Waals surface area contributed by atoms with Gasteiger partial charge in [-0.15, -0.1) is 0 Å². The lowest BCUT2D eigenvalue weighted by atomic mass is 10.1. The average Bonchev–Trinajstić information content (AvgIpc) is 2.85. The second kappa shape index (κ2) is 4.88. The Labute approximate surface area is 116 Å². The minimum absolute atomic E-state index is 0.168. The number of nitrogens with two attached hydrogens (primary N) is 2. The Morgan fingerprint density at radius 2 is 2.25 bits per heavy atom. The molecular formula is C14H16N4O2. The highest BCUT2D eigenvalue weighted by atomic mass is 16.6. The van der Waals surface area contributed by atoms with Gasteiger partial charge in [-0.3, -0.25) is 0 Å². The van der Waals surface area contributed by atoms with Gasteiger partial charge in [0.1, 0.15) is 11.9 Å². The van der Waals surface area contributed by atoms with Crippen LogP contribution in [0.25, 0.3) is 10.8 Å². The number of anilines is 2. The molecule has 0 spiro atoms. The van der Waals surface area contributed by atoms with E-state index in [1.54, 1.807) is 6.20 Å². The van der Waals surface area contributed by atoms with Gasteiger partial charge in [0.2, 0.25) is 0 Å². The number of carbonyl (C=O) groups is 1. The Morgan fingerprint density at radius 1 is 1.40 bits per heavy atom. The fourth-order valence-electron chi connectivity index (χ4n) is 2.61. The van der Waals surface area contributed by atoms with Crippen molar-refractivity contribution in [2.45, 2.75) is 12.5 Å². The number of hydrogen-bond acceptors (Lipinski definition) is 5. The SMILES string of the molecule is NC(=O)OC1CCN(c2nccc3cc(N)ccc23)C1. The Morgan fingerprint density at radius 3 is 3.05 bits per heavy atom. The van der Waals surface area contributed by atoms with Crippen LogP contribution in [-0.2, 0) is 4.74 Å². The second-order valence-electron chi connectivity index (χ2n) is 4.91. The van der Waals surface area contributed by atoms with Gasteiger partial charge in [0.25, 0.3) is 0 Å². The van der Waals surface area contributed by atoms with Crippen molar-refractivity contribution in [1.29, 1.82) is 0 Å². The number of pyridine rings is 1. The molecule has 0 bridgehead atoms. The molecule has 20 heavy (non-hydrogen) atoms. The summed E-state index contributed by atoms with van der Waals surface area (Å²) in [5.41, 5.74) is 11.6. The number of carbonyl (C=O) groups excluding carboxylic acids is 1. The third-order valence-corrected chi connectivity index (χ3v) is 3.49. The highest BCUT2D eigenvalue weighted by Gasteiger charge is 2.26. The van der Waals surface area contributed by atoms with Gasteiger partial charge in [0, 0.05) is 30.2 Å². The third-order valence-electron chi connectivity index (χ3n) is 3.49. The normalized spacial score (nSPS) is 18.4. The molecule has 0 radical (unpaired) electrons. The highest BCUT2D eigenvalue weighted by molar-refractivity contribution is 5.94. The van der Waals surface area contributed by atoms with Gasteiger partial charge in [0.15, 0.2) is 0 Å². The molecule has 6 heteroatoms. The standard InChI is InChI=1S/C14H16N4O2/c15-10-1-2-12-9(7-10)3-5-17-13(12)18-6-4-11(8-18)20-14(16)19/h1-3,5,7,11H,4,6,8,15H2,(H2,16,19). The highest BCUT2D eigenvalue weighted by Crippen LogP contribution is 2.28. The van der Waals surface area contributed by atoms with Crippen molar-refractivity contribution in [1.82, 2.24) is 4.98 Å². The number of nitrogens with zero attached hydrogens (tertiary/aromatic N) is 2. The van der Waals surface area contributed by atoms with Gasteiger partial charge < -0.3 is 21.1 Å². The molecule has 1 aliphatic heterocycles. The van der Waals surface area contributed by atoms with Gasteiger partial charge in [0.05, 0.1) is 6.54 Å². The molecule has 1 amide bonds. The van der Waals surface area contributed by atoms with E-state index in [0.717, 1.165) is 35.2 Å². The maximum Gasteiger partial charge on any atom is 0.404 e. The third kappa shape index (κ3) is 2.32. The van der Waals surface area contributed by atoms with Gasteiger partial charge >= 0.3 is 6.09 Å². The van der Waals surface area contributed by atoms with Crippen molar-refractivity contribution in [2.75, 3.05) is 23.7 Å². The van der Waals surface area contributed by atoms with Crippen molar-refractivity contribution < 1.29 is 9.53 Å². The molecule has 4 N–H and O–H groups in total. The fraction of sp³-hybridized carbons (Fsp3) is 0.286. The average molecular weight is 272 g/mol. The fourth-order valence-corrected chi connectivity index (χ4v) is 2.61. The topological polar surface area (TPSA) is 94.5 Å². The maximum atomic E-state index is 10.8. The molecule has 0 saturated carbocycles. The number of hydrogen-bond donors (Lipinski definition) is 2. The number of fused-ring (bicyclic) bond motifs is 1. The van der Waals surface area contributed by atoms with Crippen LogP contribution in [0.1, 0.15) is 6.42 Å². The van der Waals surface area contributed by atoms with E-state index >= 15 is 0 Å². The minimum atomic E-state index is -0.726. The second-order valence-corrected chi connectivity index (χ2v) is 4.91. The lowest BCUT2D eigenvalue weighted by Crippen LogP contribution is -2.27. The summed E-state index contributed by atoms with van der Waals surface area (Å²) in [4.78, 5) is 17.3. The molecule has 104 valence electrons. The van der Waals surface area contributed by atoms with Crippen LogP contribution in [0.5, 0.6) is 0 Å². The van der Waals surface area contributed by atoms with E-state index in [2.05, 4.69) is 9.88 Å². The number of ether oxygens (including phenoxy) is 1. The van der Waals surface area contributed by atoms with Crippen LogP contribution >= 0.6 is 0 Å². The first-order valence-electron chi connectivity index (χ1n) is 6.49. The van der Waals surface area contributed by atoms with Crippen molar-refractivity contribution in [3.63, 3.8) is 0 Å². The number of rotatable bonds is 2. The van der Waals surface area contributed by atoms with Gasteiger partial charge in [-0.2, -0.15) is 0 Å². The summed E-state index contributed by atoms with van der Waals surface area (Å²) in [5, 5.41) is 2.09. The van der Waals surface area contributed by atoms with Crippen LogP contribution in [0.3, 0.4) is 0 Å². The molecule has 3 rings (SSSR count). The van der Waals surface area contributed by atoms with Crippen LogP contribution in [-0.4, -0.2) is 30.3 Å². The summed E-state index contributed by atoms with van der Waals surface area (Å²) in [6, 6.07) is 7.69. The Kier molecular flexibility index (Phi) is 3.06. The Balaban J connectivity index is 1.90. The molecule has 6 nitrogen and oxygen atoms in total. The number of nitrogen functional groups attached to an aromatic ring is 1. The van der Waals surface area contributed by atoms with E-state index < -0.39 is 6.09 Å². The summed E-state index contributed by atoms with van der Waals surface area (Å²) in [5.74, 6) is 0.887. The smallest absolute Gasteiger partial charge is 0.404 e.